The number of amides is 1. The number of primary amides is 1. The molecule has 0 spiro atoms. The molecule has 0 saturated heterocycles. The highest BCUT2D eigenvalue weighted by atomic mass is 19.4. The molecule has 0 fully saturated rings. The predicted molar refractivity (Wildman–Crippen MR) is 78.3 cm³/mol. The first kappa shape index (κ1) is 21.0. The van der Waals surface area contributed by atoms with Crippen molar-refractivity contribution in [3.05, 3.63) is 23.8 Å². The third-order valence-corrected chi connectivity index (χ3v) is 2.78. The van der Waals surface area contributed by atoms with E-state index in [2.05, 4.69) is 24.9 Å². The molecule has 1 aromatic rings. The molecule has 3 N–H and O–H groups in total. The van der Waals surface area contributed by atoms with Crippen LogP contribution in [-0.2, 0) is 24.4 Å². The van der Waals surface area contributed by atoms with Crippen molar-refractivity contribution < 1.29 is 47.1 Å². The molecule has 144 valence electrons. The van der Waals surface area contributed by atoms with E-state index in [-0.39, 0.29) is 17.7 Å². The molecule has 1 aromatic carbocycles. The van der Waals surface area contributed by atoms with Crippen molar-refractivity contribution in [2.24, 2.45) is 5.73 Å². The molecule has 0 bridgehead atoms. The van der Waals surface area contributed by atoms with Crippen molar-refractivity contribution in [2.75, 3.05) is 5.32 Å². The standard InChI is InChI=1S/C14H15F3N2O7/c1-3-10(13(22)25-26-24-7(2)20)19-11-5-4-8(23-14(15,16)17)6-9(11)12(18)21/h4-6,10,19H,3H2,1-2H3,(H2,18,21). The van der Waals surface area contributed by atoms with Gasteiger partial charge in [-0.15, -0.1) is 13.2 Å². The number of ether oxygens (including phenoxy) is 1. The van der Waals surface area contributed by atoms with Gasteiger partial charge in [-0.05, 0) is 24.6 Å². The molecule has 0 aromatic heterocycles. The first-order valence-electron chi connectivity index (χ1n) is 7.05. The number of carbonyl (C=O) groups excluding carboxylic acids is 3. The molecule has 0 aliphatic heterocycles. The molecule has 1 rings (SSSR count). The highest BCUT2D eigenvalue weighted by Crippen LogP contribution is 2.27. The number of nitrogens with two attached hydrogens (primary N) is 1. The zero-order valence-corrected chi connectivity index (χ0v) is 13.6. The average molecular weight is 380 g/mol. The van der Waals surface area contributed by atoms with Crippen molar-refractivity contribution in [1.29, 1.82) is 0 Å². The Labute approximate surface area is 145 Å². The third-order valence-electron chi connectivity index (χ3n) is 2.78. The molecule has 12 heteroatoms. The quantitative estimate of drug-likeness (QED) is 0.517. The van der Waals surface area contributed by atoms with Crippen LogP contribution in [0.3, 0.4) is 0 Å². The lowest BCUT2D eigenvalue weighted by Gasteiger charge is -2.18. The zero-order valence-electron chi connectivity index (χ0n) is 13.6. The van der Waals surface area contributed by atoms with Gasteiger partial charge in [0.1, 0.15) is 11.8 Å². The maximum Gasteiger partial charge on any atom is 0.573 e. The summed E-state index contributed by atoms with van der Waals surface area (Å²) in [5, 5.41) is 6.53. The van der Waals surface area contributed by atoms with Crippen LogP contribution in [0.2, 0.25) is 0 Å². The van der Waals surface area contributed by atoms with E-state index in [9.17, 15) is 27.6 Å². The smallest absolute Gasteiger partial charge is 0.406 e. The van der Waals surface area contributed by atoms with Gasteiger partial charge in [0.15, 0.2) is 0 Å². The van der Waals surface area contributed by atoms with Gasteiger partial charge in [0.05, 0.1) is 5.56 Å². The summed E-state index contributed by atoms with van der Waals surface area (Å²) in [5.74, 6) is -3.60. The molecule has 1 amide bonds. The molecule has 26 heavy (non-hydrogen) atoms. The van der Waals surface area contributed by atoms with Gasteiger partial charge in [-0.2, -0.15) is 0 Å². The fourth-order valence-electron chi connectivity index (χ4n) is 1.72. The van der Waals surface area contributed by atoms with Crippen LogP contribution >= 0.6 is 0 Å². The summed E-state index contributed by atoms with van der Waals surface area (Å²) < 4.78 is 40.5. The van der Waals surface area contributed by atoms with Gasteiger partial charge < -0.3 is 15.8 Å². The lowest BCUT2D eigenvalue weighted by molar-refractivity contribution is -0.459. The zero-order chi connectivity index (χ0) is 19.9. The lowest BCUT2D eigenvalue weighted by Crippen LogP contribution is -2.32. The second-order valence-electron chi connectivity index (χ2n) is 4.77. The van der Waals surface area contributed by atoms with Crippen molar-refractivity contribution in [3.63, 3.8) is 0 Å². The number of benzene rings is 1. The average Bonchev–Trinajstić information content (AvgIpc) is 2.51. The van der Waals surface area contributed by atoms with Crippen molar-refractivity contribution >= 4 is 23.5 Å². The van der Waals surface area contributed by atoms with Crippen LogP contribution in [-0.4, -0.2) is 30.2 Å². The number of hydrogen-bond acceptors (Lipinski definition) is 8. The summed E-state index contributed by atoms with van der Waals surface area (Å²) in [7, 11) is 0. The topological polar surface area (TPSA) is 126 Å². The minimum absolute atomic E-state index is 0.0386. The van der Waals surface area contributed by atoms with E-state index >= 15 is 0 Å². The summed E-state index contributed by atoms with van der Waals surface area (Å²) in [6, 6.07) is 1.68. The fraction of sp³-hybridized carbons (Fsp3) is 0.357. The van der Waals surface area contributed by atoms with Crippen LogP contribution in [0.4, 0.5) is 18.9 Å². The minimum atomic E-state index is -4.95. The first-order chi connectivity index (χ1) is 12.0. The highest BCUT2D eigenvalue weighted by Gasteiger charge is 2.31. The molecule has 0 aliphatic carbocycles. The Morgan fingerprint density at radius 1 is 1.23 bits per heavy atom. The van der Waals surface area contributed by atoms with Crippen molar-refractivity contribution in [3.8, 4) is 5.75 Å². The lowest BCUT2D eigenvalue weighted by atomic mass is 10.1. The van der Waals surface area contributed by atoms with E-state index in [0.717, 1.165) is 25.1 Å². The molecule has 0 saturated carbocycles. The van der Waals surface area contributed by atoms with Crippen molar-refractivity contribution in [1.82, 2.24) is 0 Å². The Morgan fingerprint density at radius 2 is 1.88 bits per heavy atom. The fourth-order valence-corrected chi connectivity index (χ4v) is 1.72. The number of hydrogen-bond donors (Lipinski definition) is 2. The molecule has 9 nitrogen and oxygen atoms in total. The van der Waals surface area contributed by atoms with Crippen molar-refractivity contribution in [2.45, 2.75) is 32.7 Å². The summed E-state index contributed by atoms with van der Waals surface area (Å²) in [5.41, 5.74) is 4.75. The number of rotatable bonds is 8. The largest absolute Gasteiger partial charge is 0.573 e. The minimum Gasteiger partial charge on any atom is -0.406 e. The van der Waals surface area contributed by atoms with Gasteiger partial charge >= 0.3 is 18.3 Å². The van der Waals surface area contributed by atoms with E-state index in [0.29, 0.717) is 0 Å². The van der Waals surface area contributed by atoms with Crippen LogP contribution in [0.1, 0.15) is 30.6 Å². The first-order valence-corrected chi connectivity index (χ1v) is 7.05. The highest BCUT2D eigenvalue weighted by molar-refractivity contribution is 5.99. The van der Waals surface area contributed by atoms with Crippen LogP contribution in [0.25, 0.3) is 0 Å². The van der Waals surface area contributed by atoms with Crippen LogP contribution in [0, 0.1) is 0 Å². The maximum absolute atomic E-state index is 12.3. The molecular weight excluding hydrogens is 365 g/mol. The molecule has 0 heterocycles. The Balaban J connectivity index is 2.93. The normalized spacial score (nSPS) is 12.0. The molecule has 0 aliphatic rings. The van der Waals surface area contributed by atoms with Gasteiger partial charge in [0.25, 0.3) is 5.91 Å². The Bertz CT molecular complexity index is 679. The van der Waals surface area contributed by atoms with Gasteiger partial charge in [0, 0.05) is 17.6 Å². The van der Waals surface area contributed by atoms with Crippen LogP contribution < -0.4 is 15.8 Å². The van der Waals surface area contributed by atoms with Gasteiger partial charge in [-0.1, -0.05) is 6.92 Å². The predicted octanol–water partition coefficient (Wildman–Crippen LogP) is 1.83. The van der Waals surface area contributed by atoms with Gasteiger partial charge in [-0.25, -0.2) is 9.59 Å². The number of anilines is 1. The van der Waals surface area contributed by atoms with Crippen LogP contribution in [0.15, 0.2) is 18.2 Å². The maximum atomic E-state index is 12.3. The van der Waals surface area contributed by atoms with E-state index in [1.165, 1.54) is 0 Å². The molecule has 1 atom stereocenters. The number of nitrogens with one attached hydrogen (secondary N) is 1. The van der Waals surface area contributed by atoms with E-state index in [1.54, 1.807) is 6.92 Å². The van der Waals surface area contributed by atoms with E-state index < -0.39 is 36.0 Å². The number of halogens is 3. The van der Waals surface area contributed by atoms with E-state index in [1.807, 2.05) is 0 Å². The Hall–Kier alpha value is -3.02. The van der Waals surface area contributed by atoms with Gasteiger partial charge in [-0.3, -0.25) is 14.6 Å². The Morgan fingerprint density at radius 3 is 2.38 bits per heavy atom. The number of carbonyl (C=O) groups is 3. The third kappa shape index (κ3) is 6.84. The SMILES string of the molecule is CCC(Nc1ccc(OC(F)(F)F)cc1C(N)=O)C(=O)OOOC(C)=O. The summed E-state index contributed by atoms with van der Waals surface area (Å²) in [6.45, 7) is 2.57. The van der Waals surface area contributed by atoms with E-state index in [4.69, 9.17) is 5.73 Å². The molecule has 1 unspecified atom stereocenters. The Kier molecular flexibility index (Phi) is 7.19. The molecule has 0 radical (unpaired) electrons. The monoisotopic (exact) mass is 380 g/mol. The number of alkyl halides is 3. The second-order valence-corrected chi connectivity index (χ2v) is 4.77. The second kappa shape index (κ2) is 8.89. The molecular formula is C14H15F3N2O7. The summed E-state index contributed by atoms with van der Waals surface area (Å²) in [4.78, 5) is 42.0. The van der Waals surface area contributed by atoms with Gasteiger partial charge in [0.2, 0.25) is 0 Å². The summed E-state index contributed by atoms with van der Waals surface area (Å²) >= 11 is 0. The summed E-state index contributed by atoms with van der Waals surface area (Å²) in [6.07, 6.45) is -4.82. The van der Waals surface area contributed by atoms with Crippen LogP contribution in [0.5, 0.6) is 5.75 Å².